The largest absolute Gasteiger partial charge is 0.404 e. The summed E-state index contributed by atoms with van der Waals surface area (Å²) < 4.78 is 59.8. The van der Waals surface area contributed by atoms with Crippen LogP contribution >= 0.6 is 0 Å². The van der Waals surface area contributed by atoms with E-state index >= 15 is 0 Å². The molecule has 0 rings (SSSR count). The maximum Gasteiger partial charge on any atom is 0.404 e. The number of hydrogen-bond acceptors (Lipinski definition) is 3. The Labute approximate surface area is 87.1 Å². The maximum absolute atomic E-state index is 11.9. The first-order valence-corrected chi connectivity index (χ1v) is 6.14. The maximum atomic E-state index is 11.9. The molecule has 8 heteroatoms. The summed E-state index contributed by atoms with van der Waals surface area (Å²) in [6.07, 6.45) is -3.50. The summed E-state index contributed by atoms with van der Waals surface area (Å²) in [7, 11) is -3.63. The normalized spacial score (nSPS) is 15.3. The van der Waals surface area contributed by atoms with E-state index in [9.17, 15) is 21.6 Å². The van der Waals surface area contributed by atoms with Gasteiger partial charge in [-0.2, -0.15) is 13.2 Å². The van der Waals surface area contributed by atoms with Gasteiger partial charge in [-0.05, 0) is 6.42 Å². The van der Waals surface area contributed by atoms with Crippen LogP contribution in [0.5, 0.6) is 0 Å². The molecule has 1 unspecified atom stereocenters. The van der Waals surface area contributed by atoms with Gasteiger partial charge in [0.2, 0.25) is 10.0 Å². The minimum atomic E-state index is -4.58. The van der Waals surface area contributed by atoms with Crippen LogP contribution in [-0.2, 0) is 10.0 Å². The Bertz CT molecular complexity index is 276. The summed E-state index contributed by atoms with van der Waals surface area (Å²) in [5, 5.41) is 0. The zero-order chi connectivity index (χ0) is 12.1. The molecule has 0 radical (unpaired) electrons. The SMILES string of the molecule is CCCCS(=O)(=O)NCC(N)C(F)(F)F. The molecule has 3 N–H and O–H groups in total. The summed E-state index contributed by atoms with van der Waals surface area (Å²) in [4.78, 5) is 0. The fourth-order valence-electron chi connectivity index (χ4n) is 0.739. The quantitative estimate of drug-likeness (QED) is 0.723. The summed E-state index contributed by atoms with van der Waals surface area (Å²) in [6, 6.07) is -2.16. The lowest BCUT2D eigenvalue weighted by Gasteiger charge is -2.15. The van der Waals surface area contributed by atoms with Gasteiger partial charge in [0.25, 0.3) is 0 Å². The molecule has 0 aromatic heterocycles. The van der Waals surface area contributed by atoms with E-state index in [1.54, 1.807) is 6.92 Å². The molecule has 0 fully saturated rings. The van der Waals surface area contributed by atoms with Crippen LogP contribution in [0.25, 0.3) is 0 Å². The predicted octanol–water partition coefficient (Wildman–Crippen LogP) is 0.596. The van der Waals surface area contributed by atoms with E-state index in [4.69, 9.17) is 5.73 Å². The molecule has 0 aliphatic carbocycles. The van der Waals surface area contributed by atoms with E-state index in [1.807, 2.05) is 4.72 Å². The third-order valence-electron chi connectivity index (χ3n) is 1.71. The number of unbranched alkanes of at least 4 members (excludes halogenated alkanes) is 1. The van der Waals surface area contributed by atoms with E-state index in [-0.39, 0.29) is 5.75 Å². The molecule has 92 valence electrons. The van der Waals surface area contributed by atoms with E-state index in [0.717, 1.165) is 0 Å². The zero-order valence-corrected chi connectivity index (χ0v) is 9.16. The molecule has 0 spiro atoms. The number of alkyl halides is 3. The number of hydrogen-bond donors (Lipinski definition) is 2. The molecule has 0 aromatic carbocycles. The Morgan fingerprint density at radius 3 is 2.33 bits per heavy atom. The first-order chi connectivity index (χ1) is 6.69. The molecule has 4 nitrogen and oxygen atoms in total. The highest BCUT2D eigenvalue weighted by Crippen LogP contribution is 2.17. The number of rotatable bonds is 6. The van der Waals surface area contributed by atoms with Crippen molar-refractivity contribution >= 4 is 10.0 Å². The molecular weight excluding hydrogens is 233 g/mol. The van der Waals surface area contributed by atoms with Crippen LogP contribution in [-0.4, -0.2) is 32.9 Å². The highest BCUT2D eigenvalue weighted by molar-refractivity contribution is 7.89. The minimum Gasteiger partial charge on any atom is -0.319 e. The third-order valence-corrected chi connectivity index (χ3v) is 3.14. The van der Waals surface area contributed by atoms with Gasteiger partial charge in [-0.1, -0.05) is 13.3 Å². The van der Waals surface area contributed by atoms with Crippen LogP contribution < -0.4 is 10.5 Å². The smallest absolute Gasteiger partial charge is 0.319 e. The fraction of sp³-hybridized carbons (Fsp3) is 1.00. The van der Waals surface area contributed by atoms with Gasteiger partial charge in [0.15, 0.2) is 0 Å². The van der Waals surface area contributed by atoms with Crippen LogP contribution in [0, 0.1) is 0 Å². The van der Waals surface area contributed by atoms with Gasteiger partial charge in [0.05, 0.1) is 5.75 Å². The summed E-state index contributed by atoms with van der Waals surface area (Å²) in [6.45, 7) is 0.979. The van der Waals surface area contributed by atoms with Crippen molar-refractivity contribution in [1.29, 1.82) is 0 Å². The molecule has 0 aliphatic heterocycles. The van der Waals surface area contributed by atoms with Gasteiger partial charge in [-0.15, -0.1) is 0 Å². The lowest BCUT2D eigenvalue weighted by molar-refractivity contribution is -0.145. The standard InChI is InChI=1S/C7H15F3N2O2S/c1-2-3-4-15(13,14)12-5-6(11)7(8,9)10/h6,12H,2-5,11H2,1H3. The number of nitrogens with one attached hydrogen (secondary N) is 1. The second-order valence-electron chi connectivity index (χ2n) is 3.17. The molecular formula is C7H15F3N2O2S. The van der Waals surface area contributed by atoms with Crippen molar-refractivity contribution in [2.75, 3.05) is 12.3 Å². The van der Waals surface area contributed by atoms with Crippen LogP contribution in [0.4, 0.5) is 13.2 Å². The Kier molecular flexibility index (Phi) is 5.54. The topological polar surface area (TPSA) is 72.2 Å². The molecule has 0 aliphatic rings. The molecule has 0 aromatic rings. The monoisotopic (exact) mass is 248 g/mol. The van der Waals surface area contributed by atoms with Gasteiger partial charge in [0.1, 0.15) is 6.04 Å². The first kappa shape index (κ1) is 14.7. The highest BCUT2D eigenvalue weighted by atomic mass is 32.2. The molecule has 0 saturated carbocycles. The number of nitrogens with two attached hydrogens (primary N) is 1. The van der Waals surface area contributed by atoms with Crippen LogP contribution in [0.3, 0.4) is 0 Å². The van der Waals surface area contributed by atoms with Crippen molar-refractivity contribution < 1.29 is 21.6 Å². The van der Waals surface area contributed by atoms with E-state index < -0.39 is 28.8 Å². The molecule has 0 saturated heterocycles. The second kappa shape index (κ2) is 5.66. The molecule has 0 heterocycles. The Morgan fingerprint density at radius 2 is 1.93 bits per heavy atom. The van der Waals surface area contributed by atoms with Gasteiger partial charge >= 0.3 is 6.18 Å². The Morgan fingerprint density at radius 1 is 1.40 bits per heavy atom. The van der Waals surface area contributed by atoms with Crippen molar-refractivity contribution in [3.05, 3.63) is 0 Å². The van der Waals surface area contributed by atoms with E-state index in [2.05, 4.69) is 0 Å². The van der Waals surface area contributed by atoms with Crippen molar-refractivity contribution in [2.24, 2.45) is 5.73 Å². The fourth-order valence-corrected chi connectivity index (χ4v) is 1.99. The van der Waals surface area contributed by atoms with Crippen LogP contribution in [0.2, 0.25) is 0 Å². The number of sulfonamides is 1. The Balaban J connectivity index is 4.05. The summed E-state index contributed by atoms with van der Waals surface area (Å²) in [5.74, 6) is -0.173. The van der Waals surface area contributed by atoms with Crippen molar-refractivity contribution in [3.8, 4) is 0 Å². The lowest BCUT2D eigenvalue weighted by atomic mass is 10.3. The molecule has 0 amide bonds. The lowest BCUT2D eigenvalue weighted by Crippen LogP contribution is -2.47. The van der Waals surface area contributed by atoms with Gasteiger partial charge in [-0.25, -0.2) is 13.1 Å². The van der Waals surface area contributed by atoms with Gasteiger partial charge < -0.3 is 5.73 Å². The summed E-state index contributed by atoms with van der Waals surface area (Å²) >= 11 is 0. The van der Waals surface area contributed by atoms with Crippen LogP contribution in [0.1, 0.15) is 19.8 Å². The Hall–Kier alpha value is -0.340. The van der Waals surface area contributed by atoms with Crippen molar-refractivity contribution in [3.63, 3.8) is 0 Å². The van der Waals surface area contributed by atoms with Crippen molar-refractivity contribution in [1.82, 2.24) is 4.72 Å². The van der Waals surface area contributed by atoms with E-state index in [0.29, 0.717) is 12.8 Å². The second-order valence-corrected chi connectivity index (χ2v) is 5.10. The van der Waals surface area contributed by atoms with Gasteiger partial charge in [-0.3, -0.25) is 0 Å². The summed E-state index contributed by atoms with van der Waals surface area (Å²) in [5.41, 5.74) is 4.73. The van der Waals surface area contributed by atoms with E-state index in [1.165, 1.54) is 0 Å². The average Bonchev–Trinajstić information content (AvgIpc) is 2.09. The zero-order valence-electron chi connectivity index (χ0n) is 8.34. The molecule has 0 bridgehead atoms. The first-order valence-electron chi connectivity index (χ1n) is 4.48. The highest BCUT2D eigenvalue weighted by Gasteiger charge is 2.36. The average molecular weight is 248 g/mol. The van der Waals surface area contributed by atoms with Gasteiger partial charge in [0, 0.05) is 6.54 Å². The van der Waals surface area contributed by atoms with Crippen molar-refractivity contribution in [2.45, 2.75) is 32.0 Å². The van der Waals surface area contributed by atoms with Crippen LogP contribution in [0.15, 0.2) is 0 Å². The number of halogens is 3. The third kappa shape index (κ3) is 6.69. The minimum absolute atomic E-state index is 0.173. The molecule has 15 heavy (non-hydrogen) atoms. The molecule has 1 atom stereocenters. The predicted molar refractivity (Wildman–Crippen MR) is 50.7 cm³/mol.